The molecule has 84 valence electrons. The van der Waals surface area contributed by atoms with Gasteiger partial charge in [-0.05, 0) is 36.3 Å². The van der Waals surface area contributed by atoms with Crippen LogP contribution in [0.5, 0.6) is 0 Å². The maximum absolute atomic E-state index is 6.29. The molecule has 1 heterocycles. The van der Waals surface area contributed by atoms with Gasteiger partial charge in [0.1, 0.15) is 5.76 Å². The molecule has 0 amide bonds. The summed E-state index contributed by atoms with van der Waals surface area (Å²) in [5.74, 6) is 1.66. The van der Waals surface area contributed by atoms with Crippen molar-refractivity contribution in [3.8, 4) is 0 Å². The fourth-order valence-electron chi connectivity index (χ4n) is 2.95. The topological polar surface area (TPSA) is 39.2 Å². The van der Waals surface area contributed by atoms with Crippen molar-refractivity contribution in [3.05, 3.63) is 24.2 Å². The van der Waals surface area contributed by atoms with E-state index in [1.165, 1.54) is 19.3 Å². The molecule has 1 saturated carbocycles. The number of rotatable bonds is 3. The van der Waals surface area contributed by atoms with Crippen LogP contribution in [0.1, 0.15) is 38.9 Å². The van der Waals surface area contributed by atoms with E-state index < -0.39 is 0 Å². The van der Waals surface area contributed by atoms with Crippen LogP contribution in [0.15, 0.2) is 22.8 Å². The van der Waals surface area contributed by atoms with E-state index in [0.29, 0.717) is 11.3 Å². The number of furan rings is 1. The Morgan fingerprint density at radius 2 is 2.40 bits per heavy atom. The zero-order valence-electron chi connectivity index (χ0n) is 9.70. The average Bonchev–Trinajstić information content (AvgIpc) is 2.73. The molecule has 2 rings (SSSR count). The molecule has 0 spiro atoms. The van der Waals surface area contributed by atoms with E-state index in [2.05, 4.69) is 13.8 Å². The van der Waals surface area contributed by atoms with E-state index in [9.17, 15) is 0 Å². The number of hydrogen-bond acceptors (Lipinski definition) is 2. The van der Waals surface area contributed by atoms with Crippen molar-refractivity contribution in [1.29, 1.82) is 0 Å². The standard InChI is InChI=1S/C13H21NO/c1-13(2)7-3-6-11(13)12(14)9-10-5-4-8-15-10/h4-5,8,11-12H,3,6-7,9,14H2,1-2H3. The third-order valence-electron chi connectivity index (χ3n) is 3.87. The summed E-state index contributed by atoms with van der Waals surface area (Å²) in [6, 6.07) is 4.19. The lowest BCUT2D eigenvalue weighted by molar-refractivity contribution is 0.215. The largest absolute Gasteiger partial charge is 0.469 e. The van der Waals surface area contributed by atoms with Crippen LogP contribution >= 0.6 is 0 Å². The molecule has 1 fully saturated rings. The monoisotopic (exact) mass is 207 g/mol. The highest BCUT2D eigenvalue weighted by Crippen LogP contribution is 2.44. The third-order valence-corrected chi connectivity index (χ3v) is 3.87. The average molecular weight is 207 g/mol. The zero-order chi connectivity index (χ0) is 10.9. The van der Waals surface area contributed by atoms with Crippen LogP contribution in [0.25, 0.3) is 0 Å². The van der Waals surface area contributed by atoms with Gasteiger partial charge in [0.15, 0.2) is 0 Å². The van der Waals surface area contributed by atoms with Gasteiger partial charge in [0.05, 0.1) is 6.26 Å². The first-order chi connectivity index (χ1) is 7.09. The second kappa shape index (κ2) is 4.01. The van der Waals surface area contributed by atoms with Gasteiger partial charge < -0.3 is 10.2 Å². The van der Waals surface area contributed by atoms with Crippen LogP contribution in [0.3, 0.4) is 0 Å². The first-order valence-corrected chi connectivity index (χ1v) is 5.87. The fourth-order valence-corrected chi connectivity index (χ4v) is 2.95. The van der Waals surface area contributed by atoms with Crippen LogP contribution in [-0.2, 0) is 6.42 Å². The normalized spacial score (nSPS) is 26.7. The first kappa shape index (κ1) is 10.7. The highest BCUT2D eigenvalue weighted by Gasteiger charge is 2.38. The van der Waals surface area contributed by atoms with Crippen molar-refractivity contribution >= 4 is 0 Å². The van der Waals surface area contributed by atoms with Gasteiger partial charge in [-0.15, -0.1) is 0 Å². The zero-order valence-corrected chi connectivity index (χ0v) is 9.70. The molecule has 2 atom stereocenters. The van der Waals surface area contributed by atoms with Gasteiger partial charge >= 0.3 is 0 Å². The van der Waals surface area contributed by atoms with Crippen molar-refractivity contribution in [2.24, 2.45) is 17.1 Å². The molecule has 1 aromatic rings. The summed E-state index contributed by atoms with van der Waals surface area (Å²) in [7, 11) is 0. The summed E-state index contributed by atoms with van der Waals surface area (Å²) < 4.78 is 5.35. The van der Waals surface area contributed by atoms with Gasteiger partial charge in [-0.3, -0.25) is 0 Å². The lowest BCUT2D eigenvalue weighted by Crippen LogP contribution is -2.37. The molecular formula is C13H21NO. The summed E-state index contributed by atoms with van der Waals surface area (Å²) >= 11 is 0. The van der Waals surface area contributed by atoms with E-state index in [4.69, 9.17) is 10.2 Å². The fraction of sp³-hybridized carbons (Fsp3) is 0.692. The smallest absolute Gasteiger partial charge is 0.105 e. The van der Waals surface area contributed by atoms with Gasteiger partial charge in [0, 0.05) is 12.5 Å². The van der Waals surface area contributed by atoms with Crippen molar-refractivity contribution in [3.63, 3.8) is 0 Å². The van der Waals surface area contributed by atoms with E-state index in [0.717, 1.165) is 12.2 Å². The van der Waals surface area contributed by atoms with Gasteiger partial charge in [0.2, 0.25) is 0 Å². The van der Waals surface area contributed by atoms with Crippen LogP contribution in [0.4, 0.5) is 0 Å². The summed E-state index contributed by atoms with van der Waals surface area (Å²) in [6.45, 7) is 4.68. The summed E-state index contributed by atoms with van der Waals surface area (Å²) in [5, 5.41) is 0. The second-order valence-electron chi connectivity index (χ2n) is 5.43. The Morgan fingerprint density at radius 3 is 2.93 bits per heavy atom. The van der Waals surface area contributed by atoms with Gasteiger partial charge in [-0.2, -0.15) is 0 Å². The van der Waals surface area contributed by atoms with Crippen molar-refractivity contribution in [1.82, 2.24) is 0 Å². The van der Waals surface area contributed by atoms with E-state index in [1.807, 2.05) is 12.1 Å². The molecule has 2 nitrogen and oxygen atoms in total. The van der Waals surface area contributed by atoms with E-state index in [-0.39, 0.29) is 6.04 Å². The Bertz CT molecular complexity index is 302. The number of hydrogen-bond donors (Lipinski definition) is 1. The van der Waals surface area contributed by atoms with Crippen molar-refractivity contribution in [2.75, 3.05) is 0 Å². The van der Waals surface area contributed by atoms with Crippen molar-refractivity contribution < 1.29 is 4.42 Å². The molecule has 0 radical (unpaired) electrons. The lowest BCUT2D eigenvalue weighted by Gasteiger charge is -2.31. The molecule has 1 aliphatic carbocycles. The van der Waals surface area contributed by atoms with E-state index >= 15 is 0 Å². The first-order valence-electron chi connectivity index (χ1n) is 5.87. The molecule has 2 unspecified atom stereocenters. The molecule has 0 aromatic carbocycles. The highest BCUT2D eigenvalue weighted by atomic mass is 16.3. The Balaban J connectivity index is 1.99. The molecule has 1 aliphatic rings. The summed E-state index contributed by atoms with van der Waals surface area (Å²) in [4.78, 5) is 0. The van der Waals surface area contributed by atoms with Crippen LogP contribution in [0, 0.1) is 11.3 Å². The maximum atomic E-state index is 6.29. The molecular weight excluding hydrogens is 186 g/mol. The predicted molar refractivity (Wildman–Crippen MR) is 61.5 cm³/mol. The van der Waals surface area contributed by atoms with Crippen LogP contribution in [0.2, 0.25) is 0 Å². The molecule has 2 heteroatoms. The minimum absolute atomic E-state index is 0.244. The molecule has 2 N–H and O–H groups in total. The Kier molecular flexibility index (Phi) is 2.87. The number of nitrogens with two attached hydrogens (primary N) is 1. The Labute approximate surface area is 91.8 Å². The van der Waals surface area contributed by atoms with Crippen LogP contribution in [-0.4, -0.2) is 6.04 Å². The minimum atomic E-state index is 0.244. The lowest BCUT2D eigenvalue weighted by atomic mass is 9.77. The molecule has 0 bridgehead atoms. The highest BCUT2D eigenvalue weighted by molar-refractivity contribution is 5.03. The minimum Gasteiger partial charge on any atom is -0.469 e. The second-order valence-corrected chi connectivity index (χ2v) is 5.43. The summed E-state index contributed by atoms with van der Waals surface area (Å²) in [6.07, 6.45) is 6.50. The quantitative estimate of drug-likeness (QED) is 0.827. The molecule has 15 heavy (non-hydrogen) atoms. The molecule has 1 aromatic heterocycles. The van der Waals surface area contributed by atoms with Gasteiger partial charge in [-0.1, -0.05) is 20.3 Å². The van der Waals surface area contributed by atoms with Gasteiger partial charge in [0.25, 0.3) is 0 Å². The third kappa shape index (κ3) is 2.25. The maximum Gasteiger partial charge on any atom is 0.105 e. The molecule has 0 saturated heterocycles. The Hall–Kier alpha value is -0.760. The summed E-state index contributed by atoms with van der Waals surface area (Å²) in [5.41, 5.74) is 6.69. The Morgan fingerprint density at radius 1 is 1.60 bits per heavy atom. The van der Waals surface area contributed by atoms with E-state index in [1.54, 1.807) is 6.26 Å². The van der Waals surface area contributed by atoms with Crippen LogP contribution < -0.4 is 5.73 Å². The van der Waals surface area contributed by atoms with Crippen molar-refractivity contribution in [2.45, 2.75) is 45.6 Å². The SMILES string of the molecule is CC1(C)CCCC1C(N)Cc1ccco1. The van der Waals surface area contributed by atoms with Gasteiger partial charge in [-0.25, -0.2) is 0 Å². The predicted octanol–water partition coefficient (Wildman–Crippen LogP) is 2.98. The molecule has 0 aliphatic heterocycles.